The molecule has 2 rings (SSSR count). The first-order valence-corrected chi connectivity index (χ1v) is 6.04. The highest BCUT2D eigenvalue weighted by Gasteiger charge is 2.05. The Morgan fingerprint density at radius 2 is 1.84 bits per heavy atom. The number of methoxy groups -OCH3 is 1. The Balaban J connectivity index is 2.32. The van der Waals surface area contributed by atoms with E-state index in [1.165, 1.54) is 13.2 Å². The summed E-state index contributed by atoms with van der Waals surface area (Å²) >= 11 is 5.81. The molecular formula is C15H13ClFNO. The number of anilines is 1. The summed E-state index contributed by atoms with van der Waals surface area (Å²) in [6.45, 7) is 0. The third kappa shape index (κ3) is 3.26. The number of hydrogen-bond acceptors (Lipinski definition) is 2. The normalized spacial score (nSPS) is 10.9. The summed E-state index contributed by atoms with van der Waals surface area (Å²) in [5, 5.41) is 0.681. The number of ether oxygens (including phenoxy) is 1. The third-order valence-electron chi connectivity index (χ3n) is 2.67. The van der Waals surface area contributed by atoms with E-state index in [0.717, 1.165) is 11.1 Å². The van der Waals surface area contributed by atoms with Crippen LogP contribution in [0, 0.1) is 5.82 Å². The molecule has 0 saturated carbocycles. The van der Waals surface area contributed by atoms with E-state index in [1.54, 1.807) is 18.2 Å². The van der Waals surface area contributed by atoms with Crippen molar-refractivity contribution >= 4 is 29.4 Å². The van der Waals surface area contributed by atoms with Crippen LogP contribution in [0.4, 0.5) is 10.1 Å². The molecule has 19 heavy (non-hydrogen) atoms. The molecule has 0 radical (unpaired) electrons. The van der Waals surface area contributed by atoms with Gasteiger partial charge in [-0.1, -0.05) is 35.9 Å². The number of nitrogen functional groups attached to an aromatic ring is 1. The van der Waals surface area contributed by atoms with Crippen molar-refractivity contribution in [3.05, 3.63) is 58.4 Å². The lowest BCUT2D eigenvalue weighted by Gasteiger charge is -2.06. The fourth-order valence-corrected chi connectivity index (χ4v) is 1.78. The lowest BCUT2D eigenvalue weighted by Crippen LogP contribution is -1.94. The SMILES string of the molecule is COc1cc(F)c(N)cc1C=Cc1ccc(Cl)cc1. The minimum atomic E-state index is -0.486. The van der Waals surface area contributed by atoms with Crippen molar-refractivity contribution in [3.63, 3.8) is 0 Å². The zero-order valence-electron chi connectivity index (χ0n) is 10.4. The van der Waals surface area contributed by atoms with Crippen LogP contribution in [0.5, 0.6) is 5.75 Å². The van der Waals surface area contributed by atoms with E-state index < -0.39 is 5.82 Å². The van der Waals surface area contributed by atoms with Gasteiger partial charge in [-0.2, -0.15) is 0 Å². The lowest BCUT2D eigenvalue weighted by molar-refractivity contribution is 0.410. The van der Waals surface area contributed by atoms with Gasteiger partial charge in [0.15, 0.2) is 0 Å². The van der Waals surface area contributed by atoms with Gasteiger partial charge in [0, 0.05) is 16.7 Å². The average Bonchev–Trinajstić information content (AvgIpc) is 2.41. The molecule has 2 aromatic carbocycles. The van der Waals surface area contributed by atoms with Gasteiger partial charge in [0.1, 0.15) is 11.6 Å². The van der Waals surface area contributed by atoms with Crippen molar-refractivity contribution < 1.29 is 9.13 Å². The first kappa shape index (κ1) is 13.4. The molecule has 0 spiro atoms. The molecule has 0 aliphatic rings. The molecule has 0 fully saturated rings. The molecule has 2 nitrogen and oxygen atoms in total. The van der Waals surface area contributed by atoms with Crippen LogP contribution in [-0.4, -0.2) is 7.11 Å². The van der Waals surface area contributed by atoms with E-state index in [0.29, 0.717) is 10.8 Å². The van der Waals surface area contributed by atoms with E-state index in [2.05, 4.69) is 0 Å². The molecule has 4 heteroatoms. The Morgan fingerprint density at radius 3 is 2.47 bits per heavy atom. The maximum atomic E-state index is 13.3. The van der Waals surface area contributed by atoms with E-state index in [-0.39, 0.29) is 5.69 Å². The highest BCUT2D eigenvalue weighted by molar-refractivity contribution is 6.30. The quantitative estimate of drug-likeness (QED) is 0.673. The molecular weight excluding hydrogens is 265 g/mol. The van der Waals surface area contributed by atoms with Gasteiger partial charge in [0.25, 0.3) is 0 Å². The first-order valence-electron chi connectivity index (χ1n) is 5.67. The van der Waals surface area contributed by atoms with E-state index in [9.17, 15) is 4.39 Å². The zero-order chi connectivity index (χ0) is 13.8. The van der Waals surface area contributed by atoms with Crippen molar-refractivity contribution in [2.24, 2.45) is 0 Å². The Kier molecular flexibility index (Phi) is 4.07. The largest absolute Gasteiger partial charge is 0.496 e. The third-order valence-corrected chi connectivity index (χ3v) is 2.93. The second kappa shape index (κ2) is 5.76. The van der Waals surface area contributed by atoms with Gasteiger partial charge in [-0.15, -0.1) is 0 Å². The minimum Gasteiger partial charge on any atom is -0.496 e. The van der Waals surface area contributed by atoms with Crippen molar-refractivity contribution in [2.75, 3.05) is 12.8 Å². The van der Waals surface area contributed by atoms with Crippen LogP contribution >= 0.6 is 11.6 Å². The smallest absolute Gasteiger partial charge is 0.149 e. The second-order valence-electron chi connectivity index (χ2n) is 4.00. The molecule has 0 aliphatic carbocycles. The second-order valence-corrected chi connectivity index (χ2v) is 4.44. The molecule has 0 unspecified atom stereocenters. The van der Waals surface area contributed by atoms with Gasteiger partial charge >= 0.3 is 0 Å². The molecule has 0 bridgehead atoms. The van der Waals surface area contributed by atoms with Gasteiger partial charge in [-0.3, -0.25) is 0 Å². The van der Waals surface area contributed by atoms with Crippen molar-refractivity contribution in [3.8, 4) is 5.75 Å². The van der Waals surface area contributed by atoms with Crippen LogP contribution in [0.15, 0.2) is 36.4 Å². The van der Waals surface area contributed by atoms with Gasteiger partial charge in [0.05, 0.1) is 12.8 Å². The van der Waals surface area contributed by atoms with Crippen molar-refractivity contribution in [1.29, 1.82) is 0 Å². The van der Waals surface area contributed by atoms with E-state index in [4.69, 9.17) is 22.1 Å². The summed E-state index contributed by atoms with van der Waals surface area (Å²) < 4.78 is 18.4. The van der Waals surface area contributed by atoms with Gasteiger partial charge in [-0.25, -0.2) is 4.39 Å². The average molecular weight is 278 g/mol. The van der Waals surface area contributed by atoms with Gasteiger partial charge < -0.3 is 10.5 Å². The molecule has 98 valence electrons. The molecule has 2 N–H and O–H groups in total. The fourth-order valence-electron chi connectivity index (χ4n) is 1.66. The minimum absolute atomic E-state index is 0.0940. The van der Waals surface area contributed by atoms with E-state index in [1.807, 2.05) is 24.3 Å². The standard InChI is InChI=1S/C15H13ClFNO/c1-19-15-9-13(17)14(18)8-11(15)5-2-10-3-6-12(16)7-4-10/h2-9H,18H2,1H3. The molecule has 0 heterocycles. The van der Waals surface area contributed by atoms with Crippen LogP contribution in [0.25, 0.3) is 12.2 Å². The summed E-state index contributed by atoms with van der Waals surface area (Å²) in [5.74, 6) is -0.0441. The summed E-state index contributed by atoms with van der Waals surface area (Å²) in [4.78, 5) is 0. The molecule has 0 saturated heterocycles. The summed E-state index contributed by atoms with van der Waals surface area (Å²) in [5.41, 5.74) is 7.34. The van der Waals surface area contributed by atoms with E-state index >= 15 is 0 Å². The maximum Gasteiger partial charge on any atom is 0.149 e. The Morgan fingerprint density at radius 1 is 1.16 bits per heavy atom. The molecule has 0 atom stereocenters. The van der Waals surface area contributed by atoms with Crippen LogP contribution in [0.2, 0.25) is 5.02 Å². The highest BCUT2D eigenvalue weighted by Crippen LogP contribution is 2.26. The monoisotopic (exact) mass is 277 g/mol. The summed E-state index contributed by atoms with van der Waals surface area (Å²) in [6.07, 6.45) is 3.70. The number of hydrogen-bond donors (Lipinski definition) is 1. The van der Waals surface area contributed by atoms with Crippen LogP contribution < -0.4 is 10.5 Å². The Bertz CT molecular complexity index is 608. The first-order chi connectivity index (χ1) is 9.10. The summed E-state index contributed by atoms with van der Waals surface area (Å²) in [6, 6.07) is 10.2. The number of benzene rings is 2. The fraction of sp³-hybridized carbons (Fsp3) is 0.0667. The molecule has 0 amide bonds. The van der Waals surface area contributed by atoms with Crippen LogP contribution in [-0.2, 0) is 0 Å². The lowest BCUT2D eigenvalue weighted by atomic mass is 10.1. The van der Waals surface area contributed by atoms with Gasteiger partial charge in [0.2, 0.25) is 0 Å². The predicted molar refractivity (Wildman–Crippen MR) is 77.7 cm³/mol. The Hall–Kier alpha value is -2.00. The molecule has 2 aromatic rings. The zero-order valence-corrected chi connectivity index (χ0v) is 11.1. The van der Waals surface area contributed by atoms with Crippen LogP contribution in [0.1, 0.15) is 11.1 Å². The number of nitrogens with two attached hydrogens (primary N) is 1. The number of rotatable bonds is 3. The highest BCUT2D eigenvalue weighted by atomic mass is 35.5. The topological polar surface area (TPSA) is 35.2 Å². The summed E-state index contributed by atoms with van der Waals surface area (Å²) in [7, 11) is 1.49. The van der Waals surface area contributed by atoms with Crippen molar-refractivity contribution in [2.45, 2.75) is 0 Å². The predicted octanol–water partition coefficient (Wildman–Crippen LogP) is 4.24. The van der Waals surface area contributed by atoms with Gasteiger partial charge in [-0.05, 0) is 23.8 Å². The van der Waals surface area contributed by atoms with Crippen LogP contribution in [0.3, 0.4) is 0 Å². The number of halogens is 2. The Labute approximate surface area is 116 Å². The molecule has 0 aromatic heterocycles. The van der Waals surface area contributed by atoms with Crippen molar-refractivity contribution in [1.82, 2.24) is 0 Å². The molecule has 0 aliphatic heterocycles. The maximum absolute atomic E-state index is 13.3.